The van der Waals surface area contributed by atoms with Crippen LogP contribution in [0.15, 0.2) is 0 Å². The number of carbonyl (C=O) groups excluding carboxylic acids is 1. The van der Waals surface area contributed by atoms with Crippen molar-refractivity contribution in [3.63, 3.8) is 0 Å². The second-order valence-corrected chi connectivity index (χ2v) is 3.98. The van der Waals surface area contributed by atoms with Gasteiger partial charge >= 0.3 is 0 Å². The third-order valence-electron chi connectivity index (χ3n) is 1.02. The summed E-state index contributed by atoms with van der Waals surface area (Å²) >= 11 is 0. The van der Waals surface area contributed by atoms with Gasteiger partial charge in [-0.05, 0) is 6.92 Å². The van der Waals surface area contributed by atoms with Gasteiger partial charge in [0.2, 0.25) is 15.9 Å². The van der Waals surface area contributed by atoms with Crippen LogP contribution in [0.1, 0.15) is 13.3 Å². The molecule has 1 amide bonds. The monoisotopic (exact) mass is 180 g/mol. The van der Waals surface area contributed by atoms with Crippen molar-refractivity contribution in [3.05, 3.63) is 0 Å². The molecule has 0 heterocycles. The van der Waals surface area contributed by atoms with Crippen LogP contribution >= 0.6 is 0 Å². The van der Waals surface area contributed by atoms with Crippen LogP contribution in [0.3, 0.4) is 0 Å². The molecule has 0 aromatic heterocycles. The molecule has 0 aliphatic carbocycles. The van der Waals surface area contributed by atoms with Crippen LogP contribution in [0.25, 0.3) is 0 Å². The Labute approximate surface area is 66.0 Å². The fourth-order valence-electron chi connectivity index (χ4n) is 0.428. The van der Waals surface area contributed by atoms with Crippen LogP contribution in [0, 0.1) is 0 Å². The fraction of sp³-hybridized carbons (Fsp3) is 0.800. The van der Waals surface area contributed by atoms with Crippen molar-refractivity contribution in [1.82, 2.24) is 4.72 Å². The quantitative estimate of drug-likeness (QED) is 0.568. The summed E-state index contributed by atoms with van der Waals surface area (Å²) in [4.78, 5) is 10.6. The Bertz CT molecular complexity index is 222. The largest absolute Gasteiger partial charge is 0.330 e. The van der Waals surface area contributed by atoms with E-state index in [4.69, 9.17) is 5.73 Å². The number of rotatable bonds is 4. The second-order valence-electron chi connectivity index (χ2n) is 1.97. The summed E-state index contributed by atoms with van der Waals surface area (Å²) in [6.45, 7) is 1.61. The maximum absolute atomic E-state index is 10.7. The van der Waals surface area contributed by atoms with E-state index in [1.54, 1.807) is 0 Å². The van der Waals surface area contributed by atoms with E-state index in [2.05, 4.69) is 0 Å². The van der Waals surface area contributed by atoms with E-state index in [-0.39, 0.29) is 18.7 Å². The first-order valence-electron chi connectivity index (χ1n) is 3.25. The van der Waals surface area contributed by atoms with Gasteiger partial charge in [0.05, 0.1) is 5.75 Å². The topological polar surface area (TPSA) is 89.3 Å². The molecule has 0 spiro atoms. The Hall–Kier alpha value is -0.620. The average molecular weight is 180 g/mol. The maximum atomic E-state index is 10.7. The Kier molecular flexibility index (Phi) is 4.06. The van der Waals surface area contributed by atoms with Crippen LogP contribution < -0.4 is 10.5 Å². The van der Waals surface area contributed by atoms with Crippen LogP contribution in [-0.2, 0) is 14.8 Å². The highest BCUT2D eigenvalue weighted by Crippen LogP contribution is 1.84. The minimum absolute atomic E-state index is 0.0409. The summed E-state index contributed by atoms with van der Waals surface area (Å²) in [5, 5.41) is 0. The van der Waals surface area contributed by atoms with Crippen molar-refractivity contribution in [3.8, 4) is 0 Å². The number of sulfonamides is 1. The molecule has 0 aliphatic rings. The van der Waals surface area contributed by atoms with Gasteiger partial charge in [0.25, 0.3) is 0 Å². The third-order valence-corrected chi connectivity index (χ3v) is 2.32. The molecule has 0 bridgehead atoms. The highest BCUT2D eigenvalue weighted by atomic mass is 32.2. The van der Waals surface area contributed by atoms with Crippen LogP contribution in [0.4, 0.5) is 0 Å². The third kappa shape index (κ3) is 4.74. The molecule has 3 N–H and O–H groups in total. The number of hydrogen-bond donors (Lipinski definition) is 2. The van der Waals surface area contributed by atoms with E-state index in [1.165, 1.54) is 6.92 Å². The van der Waals surface area contributed by atoms with Gasteiger partial charge in [-0.3, -0.25) is 9.52 Å². The summed E-state index contributed by atoms with van der Waals surface area (Å²) in [6.07, 6.45) is 0.0409. The minimum Gasteiger partial charge on any atom is -0.330 e. The predicted octanol–water partition coefficient (Wildman–Crippen LogP) is -1.20. The molecule has 0 aromatic carbocycles. The van der Waals surface area contributed by atoms with Crippen molar-refractivity contribution < 1.29 is 13.2 Å². The van der Waals surface area contributed by atoms with Gasteiger partial charge in [-0.15, -0.1) is 0 Å². The molecule has 0 aliphatic heterocycles. The van der Waals surface area contributed by atoms with Gasteiger partial charge < -0.3 is 5.73 Å². The molecular weight excluding hydrogens is 168 g/mol. The van der Waals surface area contributed by atoms with Gasteiger partial charge in [-0.2, -0.15) is 0 Å². The Morgan fingerprint density at radius 1 is 1.55 bits per heavy atom. The molecule has 11 heavy (non-hydrogen) atoms. The van der Waals surface area contributed by atoms with Crippen molar-refractivity contribution >= 4 is 15.9 Å². The molecular formula is C5H12N2O3S. The first kappa shape index (κ1) is 10.4. The van der Waals surface area contributed by atoms with Gasteiger partial charge in [-0.25, -0.2) is 8.42 Å². The normalized spacial score (nSPS) is 11.1. The zero-order chi connectivity index (χ0) is 8.91. The van der Waals surface area contributed by atoms with Gasteiger partial charge in [0.15, 0.2) is 0 Å². The molecule has 6 heteroatoms. The smallest absolute Gasteiger partial charge is 0.234 e. The first-order chi connectivity index (χ1) is 5.02. The lowest BCUT2D eigenvalue weighted by molar-refractivity contribution is -0.119. The number of carbonyl (C=O) groups is 1. The molecule has 0 rings (SSSR count). The van der Waals surface area contributed by atoms with E-state index in [9.17, 15) is 13.2 Å². The number of hydrogen-bond acceptors (Lipinski definition) is 4. The van der Waals surface area contributed by atoms with Crippen LogP contribution in [-0.4, -0.2) is 26.6 Å². The highest BCUT2D eigenvalue weighted by Gasteiger charge is 2.09. The zero-order valence-corrected chi connectivity index (χ0v) is 7.15. The fourth-order valence-corrected chi connectivity index (χ4v) is 1.02. The molecule has 0 aromatic rings. The van der Waals surface area contributed by atoms with Crippen molar-refractivity contribution in [1.29, 1.82) is 0 Å². The number of nitrogens with two attached hydrogens (primary N) is 1. The van der Waals surface area contributed by atoms with E-state index in [0.29, 0.717) is 0 Å². The molecule has 0 saturated heterocycles. The molecule has 0 unspecified atom stereocenters. The van der Waals surface area contributed by atoms with E-state index in [0.717, 1.165) is 0 Å². The van der Waals surface area contributed by atoms with Crippen LogP contribution in [0.2, 0.25) is 0 Å². The van der Waals surface area contributed by atoms with Crippen LogP contribution in [0.5, 0.6) is 0 Å². The Balaban J connectivity index is 3.95. The lowest BCUT2D eigenvalue weighted by Crippen LogP contribution is -2.32. The standard InChI is InChI=1S/C5H12N2O3S/c1-2-11(9,10)7-5(8)3-4-6/h2-4,6H2,1H3,(H,7,8). The predicted molar refractivity (Wildman–Crippen MR) is 41.3 cm³/mol. The Morgan fingerprint density at radius 2 is 2.09 bits per heavy atom. The molecule has 0 fully saturated rings. The lowest BCUT2D eigenvalue weighted by Gasteiger charge is -2.01. The van der Waals surface area contributed by atoms with E-state index >= 15 is 0 Å². The molecule has 0 saturated carbocycles. The number of nitrogens with one attached hydrogen (secondary N) is 1. The van der Waals surface area contributed by atoms with E-state index < -0.39 is 15.9 Å². The summed E-state index contributed by atoms with van der Waals surface area (Å²) in [6, 6.07) is 0. The van der Waals surface area contributed by atoms with Crippen molar-refractivity contribution in [2.24, 2.45) is 5.73 Å². The average Bonchev–Trinajstić information content (AvgIpc) is 1.87. The molecule has 0 radical (unpaired) electrons. The second kappa shape index (κ2) is 4.30. The first-order valence-corrected chi connectivity index (χ1v) is 4.90. The van der Waals surface area contributed by atoms with E-state index in [1.807, 2.05) is 4.72 Å². The number of amides is 1. The molecule has 0 atom stereocenters. The molecule has 66 valence electrons. The van der Waals surface area contributed by atoms with Crippen molar-refractivity contribution in [2.75, 3.05) is 12.3 Å². The minimum atomic E-state index is -3.40. The van der Waals surface area contributed by atoms with Crippen molar-refractivity contribution in [2.45, 2.75) is 13.3 Å². The van der Waals surface area contributed by atoms with Gasteiger partial charge in [-0.1, -0.05) is 0 Å². The summed E-state index contributed by atoms with van der Waals surface area (Å²) in [7, 11) is -3.40. The summed E-state index contributed by atoms with van der Waals surface area (Å²) in [5.41, 5.74) is 5.03. The van der Waals surface area contributed by atoms with Gasteiger partial charge in [0, 0.05) is 13.0 Å². The summed E-state index contributed by atoms with van der Waals surface area (Å²) < 4.78 is 23.3. The SMILES string of the molecule is CCS(=O)(=O)NC(=O)CCN. The highest BCUT2D eigenvalue weighted by molar-refractivity contribution is 7.90. The molecule has 5 nitrogen and oxygen atoms in total. The zero-order valence-electron chi connectivity index (χ0n) is 6.33. The maximum Gasteiger partial charge on any atom is 0.234 e. The summed E-state index contributed by atoms with van der Waals surface area (Å²) in [5.74, 6) is -0.641. The lowest BCUT2D eigenvalue weighted by atomic mass is 10.4. The van der Waals surface area contributed by atoms with Gasteiger partial charge in [0.1, 0.15) is 0 Å². The Morgan fingerprint density at radius 3 is 2.45 bits per heavy atom.